The standard InChI is InChI=1S/C67H70N4O4/c1-70(2,49-54-29-37-62(38-30-54)66(74)58-21-13-7-14-22-58)47-45-68(43-41-52-25-33-60(34-26-52)64(72)56-17-9-5-10-18-56)51-69(44-42-53-27-35-61(36-28-53)65(73)57-19-11-6-12-20-57)46-48-71(3,4)50-55-31-39-63(40-32-55)67(75)59-23-15-8-16-24-59/h5-40H,41-51H2,1-4H3/q+2. The Morgan fingerprint density at radius 2 is 0.520 bits per heavy atom. The fraction of sp³-hybridized carbons (Fsp3) is 0.224. The minimum absolute atomic E-state index is 0.0192. The zero-order valence-corrected chi connectivity index (χ0v) is 44.0. The second-order valence-electron chi connectivity index (χ2n) is 21.1. The second kappa shape index (κ2) is 25.5. The lowest BCUT2D eigenvalue weighted by Crippen LogP contribution is -2.50. The first kappa shape index (κ1) is 53.6. The molecule has 0 aliphatic rings. The van der Waals surface area contributed by atoms with Crippen molar-refractivity contribution >= 4 is 23.1 Å². The summed E-state index contributed by atoms with van der Waals surface area (Å²) in [5.74, 6) is 0.0881. The molecule has 0 aromatic heterocycles. The summed E-state index contributed by atoms with van der Waals surface area (Å²) in [6, 6.07) is 70.0. The first-order valence-electron chi connectivity index (χ1n) is 26.1. The van der Waals surface area contributed by atoms with E-state index in [0.717, 1.165) is 80.8 Å². The van der Waals surface area contributed by atoms with Gasteiger partial charge in [0.1, 0.15) is 13.1 Å². The molecule has 0 heterocycles. The maximum atomic E-state index is 13.3. The first-order valence-corrected chi connectivity index (χ1v) is 26.1. The maximum Gasteiger partial charge on any atom is 0.193 e. The van der Waals surface area contributed by atoms with Crippen molar-refractivity contribution in [1.82, 2.24) is 9.80 Å². The van der Waals surface area contributed by atoms with Gasteiger partial charge in [-0.1, -0.05) is 218 Å². The van der Waals surface area contributed by atoms with Crippen LogP contribution in [-0.2, 0) is 25.9 Å². The molecule has 0 aliphatic carbocycles. The SMILES string of the molecule is C[N+](C)(CCN(CCc1ccc(C(=O)c2ccccc2)cc1)CN(CCc1ccc(C(=O)c2ccccc2)cc1)CC[N+](C)(C)Cc1ccc(C(=O)c2ccccc2)cc1)Cc1ccc(C(=O)c2ccccc2)cc1. The summed E-state index contributed by atoms with van der Waals surface area (Å²) >= 11 is 0. The van der Waals surface area contributed by atoms with E-state index in [0.29, 0.717) is 44.5 Å². The fourth-order valence-electron chi connectivity index (χ4n) is 9.53. The molecule has 0 radical (unpaired) electrons. The van der Waals surface area contributed by atoms with E-state index in [1.54, 1.807) is 0 Å². The molecule has 8 nitrogen and oxygen atoms in total. The Balaban J connectivity index is 0.991. The Hall–Kier alpha value is -7.72. The van der Waals surface area contributed by atoms with Crippen molar-refractivity contribution in [2.45, 2.75) is 25.9 Å². The molecule has 8 aromatic rings. The Bertz CT molecular complexity index is 2890. The van der Waals surface area contributed by atoms with Crippen LogP contribution in [0.4, 0.5) is 0 Å². The summed E-state index contributed by atoms with van der Waals surface area (Å²) in [6.07, 6.45) is 1.64. The van der Waals surface area contributed by atoms with Crippen molar-refractivity contribution in [3.8, 4) is 0 Å². The molecule has 0 unspecified atom stereocenters. The molecule has 8 heteroatoms. The van der Waals surface area contributed by atoms with Crippen LogP contribution in [0.15, 0.2) is 218 Å². The zero-order chi connectivity index (χ0) is 52.6. The first-order chi connectivity index (χ1) is 36.3. The summed E-state index contributed by atoms with van der Waals surface area (Å²) < 4.78 is 1.51. The Kier molecular flexibility index (Phi) is 18.2. The number of nitrogens with zero attached hydrogens (tertiary/aromatic N) is 4. The average molecular weight is 995 g/mol. The Morgan fingerprint density at radius 3 is 0.773 bits per heavy atom. The number of carbonyl (C=O) groups is 4. The lowest BCUT2D eigenvalue weighted by molar-refractivity contribution is -0.903. The maximum absolute atomic E-state index is 13.3. The molecule has 0 N–H and O–H groups in total. The smallest absolute Gasteiger partial charge is 0.193 e. The third-order valence-electron chi connectivity index (χ3n) is 14.1. The van der Waals surface area contributed by atoms with Gasteiger partial charge < -0.3 is 8.97 Å². The number of carbonyl (C=O) groups excluding carboxylic acids is 4. The highest BCUT2D eigenvalue weighted by molar-refractivity contribution is 6.10. The molecule has 75 heavy (non-hydrogen) atoms. The summed E-state index contributed by atoms with van der Waals surface area (Å²) in [5.41, 5.74) is 10.2. The van der Waals surface area contributed by atoms with E-state index in [1.165, 1.54) is 22.3 Å². The van der Waals surface area contributed by atoms with Crippen molar-refractivity contribution in [3.05, 3.63) is 285 Å². The van der Waals surface area contributed by atoms with Gasteiger partial charge in [-0.15, -0.1) is 0 Å². The van der Waals surface area contributed by atoms with Gasteiger partial charge in [-0.25, -0.2) is 0 Å². The van der Waals surface area contributed by atoms with Gasteiger partial charge >= 0.3 is 0 Å². The monoisotopic (exact) mass is 995 g/mol. The summed E-state index contributed by atoms with van der Waals surface area (Å²) in [5, 5.41) is 0. The van der Waals surface area contributed by atoms with Gasteiger partial charge in [0.25, 0.3) is 0 Å². The van der Waals surface area contributed by atoms with Crippen LogP contribution in [0, 0.1) is 0 Å². The quantitative estimate of drug-likeness (QED) is 0.0306. The largest absolute Gasteiger partial charge is 0.324 e. The summed E-state index contributed by atoms with van der Waals surface area (Å²) in [4.78, 5) is 58.1. The third-order valence-corrected chi connectivity index (χ3v) is 14.1. The molecule has 380 valence electrons. The van der Waals surface area contributed by atoms with Crippen molar-refractivity contribution in [2.75, 3.05) is 74.1 Å². The highest BCUT2D eigenvalue weighted by Gasteiger charge is 2.24. The molecule has 0 amide bonds. The fourth-order valence-corrected chi connectivity index (χ4v) is 9.53. The van der Waals surface area contributed by atoms with E-state index < -0.39 is 0 Å². The Morgan fingerprint density at radius 1 is 0.293 bits per heavy atom. The van der Waals surface area contributed by atoms with Crippen LogP contribution in [-0.4, -0.2) is 116 Å². The highest BCUT2D eigenvalue weighted by Crippen LogP contribution is 2.19. The van der Waals surface area contributed by atoms with Crippen molar-refractivity contribution in [3.63, 3.8) is 0 Å². The van der Waals surface area contributed by atoms with E-state index in [4.69, 9.17) is 0 Å². The second-order valence-corrected chi connectivity index (χ2v) is 21.1. The molecule has 8 rings (SSSR count). The molecule has 0 saturated carbocycles. The van der Waals surface area contributed by atoms with Gasteiger partial charge in [-0.2, -0.15) is 0 Å². The molecule has 8 aromatic carbocycles. The van der Waals surface area contributed by atoms with Crippen molar-refractivity contribution in [2.24, 2.45) is 0 Å². The molecule has 0 atom stereocenters. The average Bonchev–Trinajstić information content (AvgIpc) is 3.45. The lowest BCUT2D eigenvalue weighted by Gasteiger charge is -2.37. The van der Waals surface area contributed by atoms with Gasteiger partial charge in [-0.05, 0) is 24.0 Å². The predicted octanol–water partition coefficient (Wildman–Crippen LogP) is 11.5. The van der Waals surface area contributed by atoms with E-state index in [2.05, 4.69) is 86.5 Å². The van der Waals surface area contributed by atoms with Crippen LogP contribution in [0.5, 0.6) is 0 Å². The number of hydrogen-bond donors (Lipinski definition) is 0. The van der Waals surface area contributed by atoms with Crippen LogP contribution < -0.4 is 0 Å². The van der Waals surface area contributed by atoms with Gasteiger partial charge in [0.15, 0.2) is 23.1 Å². The van der Waals surface area contributed by atoms with Crippen molar-refractivity contribution in [1.29, 1.82) is 0 Å². The molecular formula is C67H70N4O4+2. The molecule has 0 spiro atoms. The van der Waals surface area contributed by atoms with Crippen molar-refractivity contribution < 1.29 is 28.1 Å². The van der Waals surface area contributed by atoms with E-state index in [9.17, 15) is 19.2 Å². The highest BCUT2D eigenvalue weighted by atomic mass is 16.1. The number of likely N-dealkylation sites (N-methyl/N-ethyl adjacent to an activating group) is 2. The minimum Gasteiger partial charge on any atom is -0.324 e. The molecule has 0 saturated heterocycles. The van der Waals surface area contributed by atoms with Gasteiger partial charge in [-0.3, -0.25) is 29.0 Å². The molecule has 0 aliphatic heterocycles. The van der Waals surface area contributed by atoms with Gasteiger partial charge in [0, 0.05) is 81.8 Å². The Labute approximate surface area is 444 Å². The van der Waals surface area contributed by atoms with Crippen LogP contribution in [0.2, 0.25) is 0 Å². The predicted molar refractivity (Wildman–Crippen MR) is 302 cm³/mol. The number of quaternary nitrogens is 2. The number of hydrogen-bond acceptors (Lipinski definition) is 6. The van der Waals surface area contributed by atoms with Crippen LogP contribution >= 0.6 is 0 Å². The normalized spacial score (nSPS) is 11.7. The van der Waals surface area contributed by atoms with Gasteiger partial charge in [0.05, 0.1) is 47.9 Å². The minimum atomic E-state index is 0.0192. The van der Waals surface area contributed by atoms with Gasteiger partial charge in [0.2, 0.25) is 0 Å². The van der Waals surface area contributed by atoms with E-state index in [-0.39, 0.29) is 23.1 Å². The van der Waals surface area contributed by atoms with Crippen LogP contribution in [0.3, 0.4) is 0 Å². The van der Waals surface area contributed by atoms with E-state index in [1.807, 2.05) is 170 Å². The molecule has 0 bridgehead atoms. The zero-order valence-electron chi connectivity index (χ0n) is 44.0. The molecular weight excluding hydrogens is 925 g/mol. The van der Waals surface area contributed by atoms with Crippen LogP contribution in [0.25, 0.3) is 0 Å². The lowest BCUT2D eigenvalue weighted by atomic mass is 10.0. The number of rotatable bonds is 26. The van der Waals surface area contributed by atoms with Crippen LogP contribution in [0.1, 0.15) is 85.9 Å². The number of ketones is 4. The van der Waals surface area contributed by atoms with E-state index >= 15 is 0 Å². The molecule has 0 fully saturated rings. The topological polar surface area (TPSA) is 74.8 Å². The summed E-state index contributed by atoms with van der Waals surface area (Å²) in [7, 11) is 9.10. The third kappa shape index (κ3) is 15.7. The summed E-state index contributed by atoms with van der Waals surface area (Å²) in [6.45, 7) is 7.50. The number of benzene rings is 8.